The number of aryl methyl sites for hydroxylation is 2. The van der Waals surface area contributed by atoms with Crippen LogP contribution in [0.3, 0.4) is 0 Å². The number of rotatable bonds is 8. The third-order valence-corrected chi connectivity index (χ3v) is 6.51. The molecule has 0 fully saturated rings. The molecular weight excluding hydrogens is 438 g/mol. The highest BCUT2D eigenvalue weighted by Crippen LogP contribution is 2.25. The van der Waals surface area contributed by atoms with E-state index in [-0.39, 0.29) is 12.5 Å². The van der Waals surface area contributed by atoms with Crippen molar-refractivity contribution in [2.24, 2.45) is 0 Å². The number of likely N-dealkylation sites (N-methyl/N-ethyl adjacent to an activating group) is 1. The highest BCUT2D eigenvalue weighted by Gasteiger charge is 2.30. The Bertz CT molecular complexity index is 1070. The Labute approximate surface area is 189 Å². The molecule has 0 saturated heterocycles. The minimum Gasteiger partial charge on any atom is -0.357 e. The van der Waals surface area contributed by atoms with Gasteiger partial charge in [0.25, 0.3) is 0 Å². The fourth-order valence-corrected chi connectivity index (χ4v) is 4.38. The van der Waals surface area contributed by atoms with Crippen molar-refractivity contribution >= 4 is 39.1 Å². The molecule has 2 rings (SSSR count). The topological polar surface area (TPSA) is 86.8 Å². The molecule has 0 bridgehead atoms. The summed E-state index contributed by atoms with van der Waals surface area (Å²) in [4.78, 5) is 27.0. The first kappa shape index (κ1) is 24.7. The second kappa shape index (κ2) is 10.2. The molecule has 0 aliphatic heterocycles. The standard InChI is InChI=1S/C22H28ClN3O4S/c1-15-10-11-20(16(2)12-15)26(31(5,29)30)14-21(27)25(17(3)22(28)24-4)13-18-8-6-7-9-19(18)23/h6-12,17H,13-14H2,1-5H3,(H,24,28)/t17-/m0/s1. The van der Waals surface area contributed by atoms with Crippen LogP contribution >= 0.6 is 11.6 Å². The van der Waals surface area contributed by atoms with Crippen LogP contribution in [0.4, 0.5) is 5.69 Å². The van der Waals surface area contributed by atoms with Gasteiger partial charge in [-0.15, -0.1) is 0 Å². The van der Waals surface area contributed by atoms with Crippen LogP contribution in [-0.4, -0.2) is 51.0 Å². The van der Waals surface area contributed by atoms with Crippen molar-refractivity contribution in [3.05, 3.63) is 64.2 Å². The predicted octanol–water partition coefficient (Wildman–Crippen LogP) is 2.89. The monoisotopic (exact) mass is 465 g/mol. The Balaban J connectivity index is 2.43. The van der Waals surface area contributed by atoms with E-state index < -0.39 is 28.5 Å². The zero-order valence-electron chi connectivity index (χ0n) is 18.3. The minimum atomic E-state index is -3.76. The summed E-state index contributed by atoms with van der Waals surface area (Å²) in [6.07, 6.45) is 1.06. The SMILES string of the molecule is CNC(=O)[C@H](C)N(Cc1ccccc1Cl)C(=O)CN(c1ccc(C)cc1C)S(C)(=O)=O. The quantitative estimate of drug-likeness (QED) is 0.649. The molecule has 2 aromatic carbocycles. The Kier molecular flexibility index (Phi) is 8.08. The summed E-state index contributed by atoms with van der Waals surface area (Å²) in [6, 6.07) is 11.5. The summed E-state index contributed by atoms with van der Waals surface area (Å²) in [5, 5.41) is 2.99. The summed E-state index contributed by atoms with van der Waals surface area (Å²) in [6.45, 7) is 4.92. The van der Waals surface area contributed by atoms with E-state index in [2.05, 4.69) is 5.32 Å². The lowest BCUT2D eigenvalue weighted by Crippen LogP contribution is -2.50. The molecule has 0 radical (unpaired) electrons. The molecule has 0 spiro atoms. The van der Waals surface area contributed by atoms with Gasteiger partial charge in [0.05, 0.1) is 11.9 Å². The van der Waals surface area contributed by atoms with Gasteiger partial charge < -0.3 is 10.2 Å². The van der Waals surface area contributed by atoms with E-state index in [1.807, 2.05) is 13.0 Å². The average Bonchev–Trinajstić information content (AvgIpc) is 2.70. The van der Waals surface area contributed by atoms with Crippen LogP contribution in [0.15, 0.2) is 42.5 Å². The number of amides is 2. The van der Waals surface area contributed by atoms with Crippen LogP contribution in [0, 0.1) is 13.8 Å². The number of hydrogen-bond acceptors (Lipinski definition) is 4. The van der Waals surface area contributed by atoms with Gasteiger partial charge in [-0.2, -0.15) is 0 Å². The summed E-state index contributed by atoms with van der Waals surface area (Å²) in [5.74, 6) is -0.876. The summed E-state index contributed by atoms with van der Waals surface area (Å²) in [7, 11) is -2.27. The summed E-state index contributed by atoms with van der Waals surface area (Å²) < 4.78 is 26.2. The van der Waals surface area contributed by atoms with Crippen molar-refractivity contribution in [2.45, 2.75) is 33.4 Å². The van der Waals surface area contributed by atoms with Gasteiger partial charge in [0.15, 0.2) is 0 Å². The molecule has 0 aliphatic rings. The van der Waals surface area contributed by atoms with Gasteiger partial charge in [0.1, 0.15) is 12.6 Å². The van der Waals surface area contributed by atoms with Crippen molar-refractivity contribution < 1.29 is 18.0 Å². The van der Waals surface area contributed by atoms with Crippen LogP contribution in [0.2, 0.25) is 5.02 Å². The molecule has 31 heavy (non-hydrogen) atoms. The molecule has 0 unspecified atom stereocenters. The molecule has 168 valence electrons. The number of sulfonamides is 1. The maximum absolute atomic E-state index is 13.3. The lowest BCUT2D eigenvalue weighted by molar-refractivity contribution is -0.139. The van der Waals surface area contributed by atoms with E-state index in [0.29, 0.717) is 16.3 Å². The number of benzene rings is 2. The van der Waals surface area contributed by atoms with Gasteiger partial charge in [-0.05, 0) is 44.0 Å². The normalized spacial score (nSPS) is 12.2. The molecule has 0 aliphatic carbocycles. The highest BCUT2D eigenvalue weighted by atomic mass is 35.5. The van der Waals surface area contributed by atoms with Crippen molar-refractivity contribution in [3.63, 3.8) is 0 Å². The predicted molar refractivity (Wildman–Crippen MR) is 124 cm³/mol. The van der Waals surface area contributed by atoms with Crippen molar-refractivity contribution in [1.29, 1.82) is 0 Å². The molecule has 7 nitrogen and oxygen atoms in total. The fraction of sp³-hybridized carbons (Fsp3) is 0.364. The van der Waals surface area contributed by atoms with Gasteiger partial charge >= 0.3 is 0 Å². The molecule has 0 saturated carbocycles. The maximum Gasteiger partial charge on any atom is 0.244 e. The van der Waals surface area contributed by atoms with Gasteiger partial charge in [-0.3, -0.25) is 13.9 Å². The third kappa shape index (κ3) is 6.21. The lowest BCUT2D eigenvalue weighted by Gasteiger charge is -2.31. The van der Waals surface area contributed by atoms with E-state index in [9.17, 15) is 18.0 Å². The van der Waals surface area contributed by atoms with Crippen molar-refractivity contribution in [2.75, 3.05) is 24.2 Å². The van der Waals surface area contributed by atoms with E-state index in [1.165, 1.54) is 11.9 Å². The molecule has 2 amide bonds. The number of nitrogens with zero attached hydrogens (tertiary/aromatic N) is 2. The minimum absolute atomic E-state index is 0.0670. The lowest BCUT2D eigenvalue weighted by atomic mass is 10.1. The number of anilines is 1. The smallest absolute Gasteiger partial charge is 0.244 e. The fourth-order valence-electron chi connectivity index (χ4n) is 3.28. The van der Waals surface area contributed by atoms with Crippen LogP contribution in [0.25, 0.3) is 0 Å². The Morgan fingerprint density at radius 2 is 1.77 bits per heavy atom. The first-order valence-corrected chi connectivity index (χ1v) is 12.0. The number of halogens is 1. The molecular formula is C22H28ClN3O4S. The molecule has 9 heteroatoms. The zero-order chi connectivity index (χ0) is 23.3. The number of carbonyl (C=O) groups is 2. The van der Waals surface area contributed by atoms with Crippen LogP contribution in [0.1, 0.15) is 23.6 Å². The zero-order valence-corrected chi connectivity index (χ0v) is 19.9. The third-order valence-electron chi connectivity index (χ3n) is 5.01. The van der Waals surface area contributed by atoms with Gasteiger partial charge in [0.2, 0.25) is 21.8 Å². The van der Waals surface area contributed by atoms with E-state index in [4.69, 9.17) is 11.6 Å². The Hall–Kier alpha value is -2.58. The first-order valence-electron chi connectivity index (χ1n) is 9.75. The largest absolute Gasteiger partial charge is 0.357 e. The van der Waals surface area contributed by atoms with E-state index >= 15 is 0 Å². The molecule has 0 aromatic heterocycles. The van der Waals surface area contributed by atoms with E-state index in [0.717, 1.165) is 21.7 Å². The summed E-state index contributed by atoms with van der Waals surface area (Å²) >= 11 is 6.26. The van der Waals surface area contributed by atoms with Gasteiger partial charge in [0, 0.05) is 18.6 Å². The van der Waals surface area contributed by atoms with Gasteiger partial charge in [-0.1, -0.05) is 47.5 Å². The maximum atomic E-state index is 13.3. The van der Waals surface area contributed by atoms with Crippen LogP contribution in [0.5, 0.6) is 0 Å². The summed E-state index contributed by atoms with van der Waals surface area (Å²) in [5.41, 5.74) is 2.79. The van der Waals surface area contributed by atoms with E-state index in [1.54, 1.807) is 50.2 Å². The molecule has 1 N–H and O–H groups in total. The first-order chi connectivity index (χ1) is 14.5. The highest BCUT2D eigenvalue weighted by molar-refractivity contribution is 7.92. The second-order valence-corrected chi connectivity index (χ2v) is 9.78. The number of carbonyl (C=O) groups excluding carboxylic acids is 2. The number of nitrogens with one attached hydrogen (secondary N) is 1. The average molecular weight is 466 g/mol. The second-order valence-electron chi connectivity index (χ2n) is 7.46. The van der Waals surface area contributed by atoms with Crippen molar-refractivity contribution in [1.82, 2.24) is 10.2 Å². The van der Waals surface area contributed by atoms with Crippen LogP contribution in [-0.2, 0) is 26.2 Å². The molecule has 0 heterocycles. The molecule has 1 atom stereocenters. The number of hydrogen-bond donors (Lipinski definition) is 1. The molecule has 2 aromatic rings. The Morgan fingerprint density at radius 3 is 2.32 bits per heavy atom. The Morgan fingerprint density at radius 1 is 1.13 bits per heavy atom. The van der Waals surface area contributed by atoms with Crippen LogP contribution < -0.4 is 9.62 Å². The van der Waals surface area contributed by atoms with Gasteiger partial charge in [-0.25, -0.2) is 8.42 Å². The van der Waals surface area contributed by atoms with Crippen molar-refractivity contribution in [3.8, 4) is 0 Å².